The lowest BCUT2D eigenvalue weighted by molar-refractivity contribution is -0.115. The Hall–Kier alpha value is -3.26. The standard InChI is InChI=1S/C27H29N3O4S/c1-18(25(31)28-20-11-12-23-24(17-20)34-16-15-33-23)35-27-29-22-10-6-5-9-21(22)26(32)30(27)14-13-19-7-3-2-4-8-19/h5-7,9-12,17-18H,2-4,8,13-16H2,1H3,(H,28,31). The number of nitrogens with zero attached hydrogens (tertiary/aromatic N) is 2. The monoisotopic (exact) mass is 491 g/mol. The van der Waals surface area contributed by atoms with E-state index in [0.29, 0.717) is 53.0 Å². The van der Waals surface area contributed by atoms with Crippen molar-refractivity contribution in [3.05, 3.63) is 64.5 Å². The van der Waals surface area contributed by atoms with Crippen LogP contribution in [0.25, 0.3) is 10.9 Å². The summed E-state index contributed by atoms with van der Waals surface area (Å²) in [6.45, 7) is 3.39. The minimum Gasteiger partial charge on any atom is -0.486 e. The molecule has 1 aliphatic heterocycles. The number of benzene rings is 2. The van der Waals surface area contributed by atoms with Crippen molar-refractivity contribution in [2.75, 3.05) is 18.5 Å². The Labute approximate surface area is 208 Å². The van der Waals surface area contributed by atoms with Crippen LogP contribution in [-0.4, -0.2) is 33.9 Å². The molecule has 2 aromatic carbocycles. The predicted octanol–water partition coefficient (Wildman–Crippen LogP) is 5.18. The van der Waals surface area contributed by atoms with E-state index in [4.69, 9.17) is 14.5 Å². The molecule has 182 valence electrons. The largest absolute Gasteiger partial charge is 0.486 e. The molecule has 0 saturated heterocycles. The maximum absolute atomic E-state index is 13.4. The van der Waals surface area contributed by atoms with Crippen LogP contribution in [0.2, 0.25) is 0 Å². The molecule has 7 nitrogen and oxygen atoms in total. The Morgan fingerprint density at radius 2 is 1.97 bits per heavy atom. The van der Waals surface area contributed by atoms with Crippen molar-refractivity contribution in [2.45, 2.75) is 56.0 Å². The third kappa shape index (κ3) is 5.37. The zero-order valence-corrected chi connectivity index (χ0v) is 20.6. The number of hydrogen-bond acceptors (Lipinski definition) is 6. The minimum absolute atomic E-state index is 0.0612. The normalized spacial score (nSPS) is 16.0. The molecule has 1 aliphatic carbocycles. The zero-order valence-electron chi connectivity index (χ0n) is 19.8. The molecule has 5 rings (SSSR count). The fourth-order valence-corrected chi connectivity index (χ4v) is 5.33. The summed E-state index contributed by atoms with van der Waals surface area (Å²) in [4.78, 5) is 31.2. The van der Waals surface area contributed by atoms with Crippen LogP contribution in [-0.2, 0) is 11.3 Å². The number of para-hydroxylation sites is 1. The lowest BCUT2D eigenvalue weighted by Crippen LogP contribution is -2.27. The first-order valence-corrected chi connectivity index (χ1v) is 13.0. The first kappa shape index (κ1) is 23.5. The van der Waals surface area contributed by atoms with Gasteiger partial charge in [0.05, 0.1) is 16.2 Å². The molecule has 0 fully saturated rings. The number of aromatic nitrogens is 2. The van der Waals surface area contributed by atoms with Crippen LogP contribution in [0.5, 0.6) is 11.5 Å². The molecule has 1 N–H and O–H groups in total. The van der Waals surface area contributed by atoms with Gasteiger partial charge in [-0.2, -0.15) is 0 Å². The summed E-state index contributed by atoms with van der Waals surface area (Å²) < 4.78 is 12.9. The molecule has 1 atom stereocenters. The molecule has 0 spiro atoms. The quantitative estimate of drug-likeness (QED) is 0.279. The van der Waals surface area contributed by atoms with Crippen LogP contribution >= 0.6 is 11.8 Å². The fraction of sp³-hybridized carbons (Fsp3) is 0.370. The average Bonchev–Trinajstić information content (AvgIpc) is 2.89. The lowest BCUT2D eigenvalue weighted by atomic mass is 9.97. The van der Waals surface area contributed by atoms with Gasteiger partial charge in [0.2, 0.25) is 5.91 Å². The van der Waals surface area contributed by atoms with Crippen molar-refractivity contribution < 1.29 is 14.3 Å². The Morgan fingerprint density at radius 3 is 2.80 bits per heavy atom. The van der Waals surface area contributed by atoms with Gasteiger partial charge >= 0.3 is 0 Å². The topological polar surface area (TPSA) is 82.5 Å². The van der Waals surface area contributed by atoms with Crippen LogP contribution < -0.4 is 20.3 Å². The van der Waals surface area contributed by atoms with E-state index in [-0.39, 0.29) is 11.5 Å². The van der Waals surface area contributed by atoms with Gasteiger partial charge in [-0.3, -0.25) is 14.2 Å². The highest BCUT2D eigenvalue weighted by Crippen LogP contribution is 2.33. The number of hydrogen-bond donors (Lipinski definition) is 1. The Kier molecular flexibility index (Phi) is 7.08. The van der Waals surface area contributed by atoms with Crippen LogP contribution in [0.1, 0.15) is 39.0 Å². The van der Waals surface area contributed by atoms with E-state index in [1.54, 1.807) is 22.8 Å². The number of allylic oxidation sites excluding steroid dienone is 2. The number of rotatable bonds is 7. The molecule has 35 heavy (non-hydrogen) atoms. The zero-order chi connectivity index (χ0) is 24.2. The number of fused-ring (bicyclic) bond motifs is 2. The van der Waals surface area contributed by atoms with Gasteiger partial charge < -0.3 is 14.8 Å². The molecule has 3 aromatic rings. The van der Waals surface area contributed by atoms with E-state index < -0.39 is 5.25 Å². The molecule has 1 amide bonds. The van der Waals surface area contributed by atoms with Crippen molar-refractivity contribution in [3.63, 3.8) is 0 Å². The van der Waals surface area contributed by atoms with Gasteiger partial charge in [-0.15, -0.1) is 0 Å². The summed E-state index contributed by atoms with van der Waals surface area (Å²) in [5.41, 5.74) is 2.62. The number of nitrogens with one attached hydrogen (secondary N) is 1. The molecule has 8 heteroatoms. The molecule has 0 saturated carbocycles. The van der Waals surface area contributed by atoms with E-state index in [1.807, 2.05) is 31.2 Å². The van der Waals surface area contributed by atoms with Crippen LogP contribution in [0.4, 0.5) is 5.69 Å². The summed E-state index contributed by atoms with van der Waals surface area (Å²) in [7, 11) is 0. The Bertz CT molecular complexity index is 1330. The molecule has 0 bridgehead atoms. The summed E-state index contributed by atoms with van der Waals surface area (Å²) in [5.74, 6) is 1.13. The lowest BCUT2D eigenvalue weighted by Gasteiger charge is -2.20. The average molecular weight is 492 g/mol. The van der Waals surface area contributed by atoms with Crippen molar-refractivity contribution in [3.8, 4) is 11.5 Å². The first-order chi connectivity index (χ1) is 17.1. The van der Waals surface area contributed by atoms with E-state index in [1.165, 1.54) is 30.2 Å². The third-order valence-electron chi connectivity index (χ3n) is 6.33. The van der Waals surface area contributed by atoms with E-state index in [2.05, 4.69) is 11.4 Å². The van der Waals surface area contributed by atoms with Gasteiger partial charge in [0.15, 0.2) is 16.7 Å². The molecular formula is C27H29N3O4S. The molecule has 1 unspecified atom stereocenters. The van der Waals surface area contributed by atoms with Gasteiger partial charge in [0.25, 0.3) is 5.56 Å². The predicted molar refractivity (Wildman–Crippen MR) is 139 cm³/mol. The molecular weight excluding hydrogens is 462 g/mol. The van der Waals surface area contributed by atoms with Gasteiger partial charge in [0.1, 0.15) is 13.2 Å². The van der Waals surface area contributed by atoms with Crippen molar-refractivity contribution in [1.82, 2.24) is 9.55 Å². The number of anilines is 1. The Balaban J connectivity index is 1.36. The Morgan fingerprint density at radius 1 is 1.14 bits per heavy atom. The van der Waals surface area contributed by atoms with Gasteiger partial charge in [-0.25, -0.2) is 4.98 Å². The van der Waals surface area contributed by atoms with Crippen LogP contribution in [0.3, 0.4) is 0 Å². The number of carbonyl (C=O) groups is 1. The van der Waals surface area contributed by atoms with E-state index in [9.17, 15) is 9.59 Å². The van der Waals surface area contributed by atoms with Crippen molar-refractivity contribution in [1.29, 1.82) is 0 Å². The van der Waals surface area contributed by atoms with Gasteiger partial charge in [0, 0.05) is 18.3 Å². The summed E-state index contributed by atoms with van der Waals surface area (Å²) >= 11 is 1.31. The molecule has 2 aliphatic rings. The second-order valence-electron chi connectivity index (χ2n) is 8.83. The molecule has 0 radical (unpaired) electrons. The number of thioether (sulfide) groups is 1. The second kappa shape index (κ2) is 10.6. The fourth-order valence-electron chi connectivity index (χ4n) is 4.40. The SMILES string of the molecule is CC(Sc1nc2ccccc2c(=O)n1CCC1=CCCCC1)C(=O)Nc1ccc2c(c1)OCCO2. The van der Waals surface area contributed by atoms with E-state index >= 15 is 0 Å². The maximum atomic E-state index is 13.4. The van der Waals surface area contributed by atoms with Gasteiger partial charge in [-0.1, -0.05) is 35.5 Å². The number of amides is 1. The molecule has 2 heterocycles. The second-order valence-corrected chi connectivity index (χ2v) is 10.1. The molecule has 1 aromatic heterocycles. The summed E-state index contributed by atoms with van der Waals surface area (Å²) in [6.07, 6.45) is 7.77. The number of ether oxygens (including phenoxy) is 2. The third-order valence-corrected chi connectivity index (χ3v) is 7.42. The van der Waals surface area contributed by atoms with Crippen molar-refractivity contribution in [2.24, 2.45) is 0 Å². The van der Waals surface area contributed by atoms with Crippen molar-refractivity contribution >= 4 is 34.3 Å². The van der Waals surface area contributed by atoms with Crippen LogP contribution in [0, 0.1) is 0 Å². The van der Waals surface area contributed by atoms with Gasteiger partial charge in [-0.05, 0) is 63.3 Å². The summed E-state index contributed by atoms with van der Waals surface area (Å²) in [5, 5.41) is 3.65. The highest BCUT2D eigenvalue weighted by atomic mass is 32.2. The summed E-state index contributed by atoms with van der Waals surface area (Å²) in [6, 6.07) is 12.7. The highest BCUT2D eigenvalue weighted by Gasteiger charge is 2.21. The maximum Gasteiger partial charge on any atom is 0.262 e. The highest BCUT2D eigenvalue weighted by molar-refractivity contribution is 8.00. The number of carbonyl (C=O) groups excluding carboxylic acids is 1. The van der Waals surface area contributed by atoms with Crippen LogP contribution in [0.15, 0.2) is 64.1 Å². The van der Waals surface area contributed by atoms with E-state index in [0.717, 1.165) is 19.3 Å². The smallest absolute Gasteiger partial charge is 0.262 e. The minimum atomic E-state index is -0.462. The first-order valence-electron chi connectivity index (χ1n) is 12.1.